The third kappa shape index (κ3) is 5.37. The van der Waals surface area contributed by atoms with Gasteiger partial charge >= 0.3 is 0 Å². The lowest BCUT2D eigenvalue weighted by atomic mass is 10.1. The Labute approximate surface area is 189 Å². The zero-order valence-corrected chi connectivity index (χ0v) is 18.5. The molecule has 0 aliphatic carbocycles. The van der Waals surface area contributed by atoms with E-state index in [1.165, 1.54) is 11.8 Å². The minimum Gasteiger partial charge on any atom is -0.467 e. The third-order valence-electron chi connectivity index (χ3n) is 4.78. The van der Waals surface area contributed by atoms with Crippen molar-refractivity contribution in [2.45, 2.75) is 25.2 Å². The first-order valence-electron chi connectivity index (χ1n) is 9.75. The molecule has 0 unspecified atom stereocenters. The predicted molar refractivity (Wildman–Crippen MR) is 122 cm³/mol. The Morgan fingerprint density at radius 2 is 1.90 bits per heavy atom. The molecule has 8 heteroatoms. The van der Waals surface area contributed by atoms with Gasteiger partial charge in [-0.15, -0.1) is 10.2 Å². The summed E-state index contributed by atoms with van der Waals surface area (Å²) in [6, 6.07) is 19.2. The molecular formula is C23H21ClN4O2S. The maximum atomic E-state index is 12.4. The summed E-state index contributed by atoms with van der Waals surface area (Å²) in [5.41, 5.74) is 3.15. The molecule has 2 aromatic heterocycles. The summed E-state index contributed by atoms with van der Waals surface area (Å²) in [5, 5.41) is 12.9. The van der Waals surface area contributed by atoms with Crippen LogP contribution in [0.5, 0.6) is 0 Å². The molecule has 1 N–H and O–H groups in total. The van der Waals surface area contributed by atoms with Crippen LogP contribution in [0.4, 0.5) is 0 Å². The van der Waals surface area contributed by atoms with Crippen molar-refractivity contribution in [1.29, 1.82) is 0 Å². The zero-order chi connectivity index (χ0) is 21.6. The first-order valence-corrected chi connectivity index (χ1v) is 11.1. The molecule has 0 saturated carbocycles. The molecule has 0 radical (unpaired) electrons. The summed E-state index contributed by atoms with van der Waals surface area (Å²) in [6.07, 6.45) is 1.63. The zero-order valence-electron chi connectivity index (χ0n) is 16.9. The van der Waals surface area contributed by atoms with Gasteiger partial charge in [0, 0.05) is 17.1 Å². The minimum atomic E-state index is -0.0613. The fourth-order valence-electron chi connectivity index (χ4n) is 3.09. The summed E-state index contributed by atoms with van der Waals surface area (Å²) in [7, 11) is 0. The molecular weight excluding hydrogens is 432 g/mol. The number of carbonyl (C=O) groups is 1. The molecule has 6 nitrogen and oxygen atoms in total. The fraction of sp³-hybridized carbons (Fsp3) is 0.174. The van der Waals surface area contributed by atoms with Crippen LogP contribution in [0.2, 0.25) is 5.02 Å². The van der Waals surface area contributed by atoms with Gasteiger partial charge < -0.3 is 9.73 Å². The van der Waals surface area contributed by atoms with E-state index in [1.807, 2.05) is 72.2 Å². The highest BCUT2D eigenvalue weighted by Gasteiger charge is 2.17. The molecule has 0 bridgehead atoms. The number of hydrogen-bond acceptors (Lipinski definition) is 5. The molecule has 4 aromatic rings. The lowest BCUT2D eigenvalue weighted by Gasteiger charge is -2.10. The lowest BCUT2D eigenvalue weighted by Crippen LogP contribution is -2.25. The number of furan rings is 1. The summed E-state index contributed by atoms with van der Waals surface area (Å²) >= 11 is 7.37. The van der Waals surface area contributed by atoms with Crippen molar-refractivity contribution >= 4 is 29.3 Å². The van der Waals surface area contributed by atoms with Crippen LogP contribution in [0.3, 0.4) is 0 Å². The molecule has 0 saturated heterocycles. The Morgan fingerprint density at radius 1 is 1.10 bits per heavy atom. The average Bonchev–Trinajstić information content (AvgIpc) is 3.43. The van der Waals surface area contributed by atoms with Crippen LogP contribution in [0.25, 0.3) is 11.4 Å². The van der Waals surface area contributed by atoms with Gasteiger partial charge in [0.25, 0.3) is 0 Å². The molecule has 31 heavy (non-hydrogen) atoms. The van der Waals surface area contributed by atoms with Crippen molar-refractivity contribution < 1.29 is 9.21 Å². The van der Waals surface area contributed by atoms with Crippen molar-refractivity contribution in [3.8, 4) is 11.4 Å². The van der Waals surface area contributed by atoms with E-state index in [4.69, 9.17) is 16.0 Å². The first kappa shape index (κ1) is 21.2. The van der Waals surface area contributed by atoms with E-state index in [0.717, 1.165) is 22.5 Å². The van der Waals surface area contributed by atoms with Crippen LogP contribution in [0, 0.1) is 6.92 Å². The van der Waals surface area contributed by atoms with Gasteiger partial charge in [-0.2, -0.15) is 0 Å². The number of halogens is 1. The van der Waals surface area contributed by atoms with Gasteiger partial charge in [-0.25, -0.2) is 0 Å². The number of nitrogens with zero attached hydrogens (tertiary/aromatic N) is 3. The fourth-order valence-corrected chi connectivity index (χ4v) is 3.99. The summed E-state index contributed by atoms with van der Waals surface area (Å²) in [6.45, 7) is 3.00. The summed E-state index contributed by atoms with van der Waals surface area (Å²) in [4.78, 5) is 12.4. The number of aryl methyl sites for hydroxylation is 1. The highest BCUT2D eigenvalue weighted by molar-refractivity contribution is 7.99. The monoisotopic (exact) mass is 452 g/mol. The van der Waals surface area contributed by atoms with E-state index in [9.17, 15) is 4.79 Å². The van der Waals surface area contributed by atoms with E-state index in [0.29, 0.717) is 29.1 Å². The Hall–Kier alpha value is -3.03. The van der Waals surface area contributed by atoms with Gasteiger partial charge in [0.1, 0.15) is 5.76 Å². The molecule has 0 spiro atoms. The number of hydrogen-bond donors (Lipinski definition) is 1. The Balaban J connectivity index is 1.47. The predicted octanol–water partition coefficient (Wildman–Crippen LogP) is 4.96. The van der Waals surface area contributed by atoms with Gasteiger partial charge in [0.05, 0.1) is 18.6 Å². The quantitative estimate of drug-likeness (QED) is 0.382. The second kappa shape index (κ2) is 9.85. The smallest absolute Gasteiger partial charge is 0.230 e. The third-order valence-corrected chi connectivity index (χ3v) is 6.00. The molecule has 0 atom stereocenters. The number of benzene rings is 2. The van der Waals surface area contributed by atoms with Crippen molar-refractivity contribution in [1.82, 2.24) is 20.1 Å². The van der Waals surface area contributed by atoms with Gasteiger partial charge in [-0.05, 0) is 54.4 Å². The first-order chi connectivity index (χ1) is 15.1. The van der Waals surface area contributed by atoms with Crippen molar-refractivity contribution in [2.24, 2.45) is 0 Å². The highest BCUT2D eigenvalue weighted by Crippen LogP contribution is 2.26. The largest absolute Gasteiger partial charge is 0.467 e. The van der Waals surface area contributed by atoms with Crippen molar-refractivity contribution in [3.63, 3.8) is 0 Å². The average molecular weight is 453 g/mol. The van der Waals surface area contributed by atoms with E-state index < -0.39 is 0 Å². The Kier molecular flexibility index (Phi) is 6.74. The van der Waals surface area contributed by atoms with E-state index >= 15 is 0 Å². The Morgan fingerprint density at radius 3 is 2.65 bits per heavy atom. The molecule has 2 heterocycles. The number of carbonyl (C=O) groups excluding carboxylic acids is 1. The lowest BCUT2D eigenvalue weighted by molar-refractivity contribution is -0.118. The molecule has 1 amide bonds. The number of amides is 1. The van der Waals surface area contributed by atoms with Gasteiger partial charge in [0.2, 0.25) is 5.91 Å². The molecule has 0 fully saturated rings. The molecule has 0 aliphatic rings. The summed E-state index contributed by atoms with van der Waals surface area (Å²) < 4.78 is 7.46. The van der Waals surface area contributed by atoms with Crippen LogP contribution < -0.4 is 5.32 Å². The van der Waals surface area contributed by atoms with Crippen LogP contribution in [-0.2, 0) is 17.9 Å². The van der Waals surface area contributed by atoms with Crippen LogP contribution in [0.1, 0.15) is 16.9 Å². The normalized spacial score (nSPS) is 10.9. The topological polar surface area (TPSA) is 73.0 Å². The van der Waals surface area contributed by atoms with Gasteiger partial charge in [-0.1, -0.05) is 47.6 Å². The Bertz CT molecular complexity index is 1160. The van der Waals surface area contributed by atoms with Crippen LogP contribution in [0.15, 0.2) is 76.5 Å². The van der Waals surface area contributed by atoms with Crippen LogP contribution >= 0.6 is 23.4 Å². The van der Waals surface area contributed by atoms with E-state index in [2.05, 4.69) is 15.5 Å². The standard InChI is InChI=1S/C23H21ClN4O2S/c1-16-5-2-3-6-18(16)13-25-21(29)15-31-23-27-26-22(17-8-10-19(24)11-9-17)28(23)14-20-7-4-12-30-20/h2-12H,13-15H2,1H3,(H,25,29). The number of thioether (sulfide) groups is 1. The number of nitrogens with one attached hydrogen (secondary N) is 1. The van der Waals surface area contributed by atoms with E-state index in [1.54, 1.807) is 6.26 Å². The maximum Gasteiger partial charge on any atom is 0.230 e. The molecule has 4 rings (SSSR count). The van der Waals surface area contributed by atoms with Crippen molar-refractivity contribution in [2.75, 3.05) is 5.75 Å². The van der Waals surface area contributed by atoms with E-state index in [-0.39, 0.29) is 11.7 Å². The van der Waals surface area contributed by atoms with Gasteiger partial charge in [0.15, 0.2) is 11.0 Å². The van der Waals surface area contributed by atoms with Crippen molar-refractivity contribution in [3.05, 3.63) is 88.8 Å². The van der Waals surface area contributed by atoms with Gasteiger partial charge in [-0.3, -0.25) is 9.36 Å². The highest BCUT2D eigenvalue weighted by atomic mass is 35.5. The number of aromatic nitrogens is 3. The number of rotatable bonds is 8. The molecule has 2 aromatic carbocycles. The minimum absolute atomic E-state index is 0.0613. The maximum absolute atomic E-state index is 12.4. The SMILES string of the molecule is Cc1ccccc1CNC(=O)CSc1nnc(-c2ccc(Cl)cc2)n1Cc1ccco1. The molecule has 158 valence electrons. The second-order valence-corrected chi connectivity index (χ2v) is 8.35. The summed E-state index contributed by atoms with van der Waals surface area (Å²) in [5.74, 6) is 1.65. The molecule has 0 aliphatic heterocycles. The van der Waals surface area contributed by atoms with Crippen LogP contribution in [-0.4, -0.2) is 26.4 Å². The second-order valence-electron chi connectivity index (χ2n) is 6.97.